The Morgan fingerprint density at radius 2 is 2.17 bits per heavy atom. The lowest BCUT2D eigenvalue weighted by atomic mass is 10.1. The van der Waals surface area contributed by atoms with Gasteiger partial charge in [-0.15, -0.1) is 5.10 Å². The molecule has 0 fully saturated rings. The first-order valence-electron chi connectivity index (χ1n) is 7.55. The van der Waals surface area contributed by atoms with E-state index in [1.807, 2.05) is 34.4 Å². The maximum atomic E-state index is 12.3. The van der Waals surface area contributed by atoms with Crippen LogP contribution in [0.5, 0.6) is 0 Å². The van der Waals surface area contributed by atoms with Crippen LogP contribution in [0.2, 0.25) is 0 Å². The molecule has 7 nitrogen and oxygen atoms in total. The van der Waals surface area contributed by atoms with Gasteiger partial charge in [-0.3, -0.25) is 4.57 Å². The number of carbonyl (C=O) groups is 1. The van der Waals surface area contributed by atoms with Crippen LogP contribution in [0.4, 0.5) is 0 Å². The molecule has 4 rings (SSSR count). The second-order valence-corrected chi connectivity index (χ2v) is 6.72. The number of halogens is 1. The predicted molar refractivity (Wildman–Crippen MR) is 94.7 cm³/mol. The van der Waals surface area contributed by atoms with Crippen molar-refractivity contribution in [2.45, 2.75) is 20.3 Å². The second kappa shape index (κ2) is 5.69. The van der Waals surface area contributed by atoms with E-state index in [0.29, 0.717) is 18.7 Å². The summed E-state index contributed by atoms with van der Waals surface area (Å²) in [6.07, 6.45) is 2.18. The lowest BCUT2D eigenvalue weighted by Gasteiger charge is -2.10. The van der Waals surface area contributed by atoms with Crippen molar-refractivity contribution in [1.82, 2.24) is 24.5 Å². The van der Waals surface area contributed by atoms with E-state index >= 15 is 0 Å². The van der Waals surface area contributed by atoms with E-state index in [-0.39, 0.29) is 0 Å². The van der Waals surface area contributed by atoms with Crippen LogP contribution in [-0.2, 0) is 11.2 Å². The number of nitrogens with zero attached hydrogens (tertiary/aromatic N) is 5. The summed E-state index contributed by atoms with van der Waals surface area (Å²) in [5.41, 5.74) is 4.75. The van der Waals surface area contributed by atoms with Gasteiger partial charge < -0.3 is 4.74 Å². The Kier molecular flexibility index (Phi) is 3.63. The minimum atomic E-state index is -0.406. The Hall–Kier alpha value is -2.23. The van der Waals surface area contributed by atoms with Crippen molar-refractivity contribution < 1.29 is 9.53 Å². The number of esters is 1. The molecular formula is C16H14IN5O2. The second-order valence-electron chi connectivity index (χ2n) is 5.47. The number of rotatable bonds is 2. The van der Waals surface area contributed by atoms with Crippen molar-refractivity contribution in [1.29, 1.82) is 0 Å². The molecule has 3 heterocycles. The highest BCUT2D eigenvalue weighted by Crippen LogP contribution is 2.30. The summed E-state index contributed by atoms with van der Waals surface area (Å²) in [6, 6.07) is 6.07. The molecule has 0 spiro atoms. The van der Waals surface area contributed by atoms with Gasteiger partial charge in [0, 0.05) is 9.99 Å². The van der Waals surface area contributed by atoms with Crippen molar-refractivity contribution in [3.05, 3.63) is 50.9 Å². The van der Waals surface area contributed by atoms with Gasteiger partial charge in [-0.05, 0) is 54.6 Å². The summed E-state index contributed by atoms with van der Waals surface area (Å²) < 4.78 is 10.0. The van der Waals surface area contributed by atoms with Crippen LogP contribution in [0.1, 0.15) is 34.5 Å². The molecule has 8 heteroatoms. The van der Waals surface area contributed by atoms with Crippen LogP contribution < -0.4 is 0 Å². The summed E-state index contributed by atoms with van der Waals surface area (Å²) in [7, 11) is 0. The standard InChI is InChI=1S/C16H14IN5O2/c1-3-24-16(23)15-14-7-12-9(2)19-20-22(12)13-6-10(17)4-5-11(13)21(14)8-18-15/h4-6,8H,3,7H2,1-2H3. The van der Waals surface area contributed by atoms with Crippen LogP contribution in [0.25, 0.3) is 11.4 Å². The van der Waals surface area contributed by atoms with Gasteiger partial charge in [0.1, 0.15) is 6.33 Å². The molecule has 0 radical (unpaired) electrons. The topological polar surface area (TPSA) is 74.8 Å². The minimum Gasteiger partial charge on any atom is -0.461 e. The molecule has 24 heavy (non-hydrogen) atoms. The minimum absolute atomic E-state index is 0.318. The fourth-order valence-corrected chi connectivity index (χ4v) is 3.40. The van der Waals surface area contributed by atoms with Gasteiger partial charge in [-0.25, -0.2) is 14.5 Å². The molecule has 0 aliphatic carbocycles. The molecule has 0 saturated heterocycles. The normalized spacial score (nSPS) is 12.1. The summed E-state index contributed by atoms with van der Waals surface area (Å²) in [4.78, 5) is 16.6. The average molecular weight is 435 g/mol. The average Bonchev–Trinajstić information content (AvgIpc) is 3.10. The molecule has 0 atom stereocenters. The van der Waals surface area contributed by atoms with E-state index in [4.69, 9.17) is 4.74 Å². The van der Waals surface area contributed by atoms with E-state index in [9.17, 15) is 4.79 Å². The summed E-state index contributed by atoms with van der Waals surface area (Å²) in [5.74, 6) is -0.406. The number of carbonyl (C=O) groups excluding carboxylic acids is 1. The van der Waals surface area contributed by atoms with E-state index in [2.05, 4.69) is 37.9 Å². The van der Waals surface area contributed by atoms with Gasteiger partial charge >= 0.3 is 5.97 Å². The molecule has 2 aromatic heterocycles. The lowest BCUT2D eigenvalue weighted by Crippen LogP contribution is -2.10. The maximum Gasteiger partial charge on any atom is 0.358 e. The first-order valence-corrected chi connectivity index (χ1v) is 8.62. The zero-order chi connectivity index (χ0) is 16.8. The third-order valence-corrected chi connectivity index (χ3v) is 4.72. The van der Waals surface area contributed by atoms with Crippen LogP contribution >= 0.6 is 22.6 Å². The molecule has 1 aliphatic heterocycles. The van der Waals surface area contributed by atoms with Gasteiger partial charge in [0.15, 0.2) is 5.69 Å². The first-order chi connectivity index (χ1) is 11.6. The Bertz CT molecular complexity index is 960. The Balaban J connectivity index is 2.00. The third kappa shape index (κ3) is 2.24. The molecule has 1 aromatic carbocycles. The van der Waals surface area contributed by atoms with E-state index in [0.717, 1.165) is 32.0 Å². The highest BCUT2D eigenvalue weighted by atomic mass is 127. The fourth-order valence-electron chi connectivity index (χ4n) is 2.92. The van der Waals surface area contributed by atoms with Crippen molar-refractivity contribution in [2.75, 3.05) is 6.61 Å². The van der Waals surface area contributed by atoms with Gasteiger partial charge in [0.2, 0.25) is 0 Å². The highest BCUT2D eigenvalue weighted by Gasteiger charge is 2.27. The molecule has 0 saturated carbocycles. The van der Waals surface area contributed by atoms with Gasteiger partial charge in [-0.1, -0.05) is 5.21 Å². The van der Waals surface area contributed by atoms with Crippen molar-refractivity contribution in [3.63, 3.8) is 0 Å². The summed E-state index contributed by atoms with van der Waals surface area (Å²) in [5, 5.41) is 8.49. The Labute approximate surface area is 151 Å². The maximum absolute atomic E-state index is 12.3. The fraction of sp³-hybridized carbons (Fsp3) is 0.250. The number of hydrogen-bond acceptors (Lipinski definition) is 5. The number of hydrogen-bond donors (Lipinski definition) is 0. The largest absolute Gasteiger partial charge is 0.461 e. The molecule has 0 unspecified atom stereocenters. The Morgan fingerprint density at radius 1 is 1.33 bits per heavy atom. The number of aryl methyl sites for hydroxylation is 1. The zero-order valence-electron chi connectivity index (χ0n) is 13.2. The molecule has 1 aliphatic rings. The zero-order valence-corrected chi connectivity index (χ0v) is 15.3. The molecule has 3 aromatic rings. The van der Waals surface area contributed by atoms with Crippen molar-refractivity contribution >= 4 is 28.6 Å². The van der Waals surface area contributed by atoms with Gasteiger partial charge in [-0.2, -0.15) is 0 Å². The number of benzene rings is 1. The summed E-state index contributed by atoms with van der Waals surface area (Å²) in [6.45, 7) is 4.02. The van der Waals surface area contributed by atoms with Crippen LogP contribution in [0, 0.1) is 10.5 Å². The predicted octanol–water partition coefficient (Wildman–Crippen LogP) is 2.45. The molecule has 122 valence electrons. The van der Waals surface area contributed by atoms with Crippen LogP contribution in [0.15, 0.2) is 24.5 Å². The van der Waals surface area contributed by atoms with E-state index < -0.39 is 5.97 Å². The first kappa shape index (κ1) is 15.3. The van der Waals surface area contributed by atoms with Crippen molar-refractivity contribution in [3.8, 4) is 11.4 Å². The van der Waals surface area contributed by atoms with Gasteiger partial charge in [0.25, 0.3) is 0 Å². The number of fused-ring (bicyclic) bond motifs is 5. The number of ether oxygens (including phenoxy) is 1. The SMILES string of the molecule is CCOC(=O)c1ncn2c1Cc1c(C)nnn1-c1cc(I)ccc1-2. The smallest absolute Gasteiger partial charge is 0.358 e. The van der Waals surface area contributed by atoms with E-state index in [1.54, 1.807) is 13.3 Å². The number of aromatic nitrogens is 5. The molecule has 0 bridgehead atoms. The van der Waals surface area contributed by atoms with Gasteiger partial charge in [0.05, 0.1) is 35.1 Å². The molecule has 0 N–H and O–H groups in total. The quantitative estimate of drug-likeness (QED) is 0.357. The van der Waals surface area contributed by atoms with Crippen molar-refractivity contribution in [2.24, 2.45) is 0 Å². The Morgan fingerprint density at radius 3 is 2.96 bits per heavy atom. The molecule has 0 amide bonds. The number of imidazole rings is 1. The molecular weight excluding hydrogens is 421 g/mol. The van der Waals surface area contributed by atoms with E-state index in [1.165, 1.54) is 0 Å². The highest BCUT2D eigenvalue weighted by molar-refractivity contribution is 14.1. The monoisotopic (exact) mass is 435 g/mol. The van der Waals surface area contributed by atoms with Crippen LogP contribution in [-0.4, -0.2) is 37.1 Å². The third-order valence-electron chi connectivity index (χ3n) is 4.05. The van der Waals surface area contributed by atoms with Crippen LogP contribution in [0.3, 0.4) is 0 Å². The summed E-state index contributed by atoms with van der Waals surface area (Å²) >= 11 is 2.27. The lowest BCUT2D eigenvalue weighted by molar-refractivity contribution is 0.0519.